The summed E-state index contributed by atoms with van der Waals surface area (Å²) in [6.45, 7) is 4.48. The molecule has 1 aromatic heterocycles. The number of carbonyl (C=O) groups is 2. The van der Waals surface area contributed by atoms with Crippen LogP contribution < -0.4 is 0 Å². The zero-order chi connectivity index (χ0) is 17.4. The lowest BCUT2D eigenvalue weighted by Gasteiger charge is -2.30. The van der Waals surface area contributed by atoms with Crippen LogP contribution in [0.25, 0.3) is 5.69 Å². The Kier molecular flexibility index (Phi) is 4.18. The smallest absolute Gasteiger partial charge is 0.329 e. The van der Waals surface area contributed by atoms with E-state index < -0.39 is 17.4 Å². The Morgan fingerprint density at radius 1 is 1.26 bits per heavy atom. The highest BCUT2D eigenvalue weighted by atomic mass is 19.1. The fraction of sp³-hybridized carbons (Fsp3) is 0.333. The van der Waals surface area contributed by atoms with Crippen molar-refractivity contribution in [3.05, 3.63) is 41.7 Å². The van der Waals surface area contributed by atoms with Crippen LogP contribution in [0.15, 0.2) is 24.3 Å². The van der Waals surface area contributed by atoms with E-state index >= 15 is 0 Å². The second-order valence-corrected chi connectivity index (χ2v) is 5.60. The van der Waals surface area contributed by atoms with E-state index in [4.69, 9.17) is 0 Å². The number of benzene rings is 1. The fourth-order valence-corrected chi connectivity index (χ4v) is 1.85. The van der Waals surface area contributed by atoms with E-state index in [1.807, 2.05) is 0 Å². The van der Waals surface area contributed by atoms with Crippen molar-refractivity contribution in [1.82, 2.24) is 19.7 Å². The van der Waals surface area contributed by atoms with Crippen LogP contribution in [0.1, 0.15) is 30.3 Å². The van der Waals surface area contributed by atoms with Crippen LogP contribution >= 0.6 is 0 Å². The fourth-order valence-electron chi connectivity index (χ4n) is 1.85. The lowest BCUT2D eigenvalue weighted by atomic mass is 10.0. The minimum atomic E-state index is -1.40. The molecule has 0 aliphatic heterocycles. The van der Waals surface area contributed by atoms with Crippen LogP contribution in [-0.2, 0) is 4.79 Å². The van der Waals surface area contributed by atoms with Crippen LogP contribution in [0.2, 0.25) is 0 Å². The molecule has 7 nitrogen and oxygen atoms in total. The van der Waals surface area contributed by atoms with Gasteiger partial charge in [-0.15, -0.1) is 5.10 Å². The summed E-state index contributed by atoms with van der Waals surface area (Å²) in [6, 6.07) is 5.57. The van der Waals surface area contributed by atoms with Crippen LogP contribution in [-0.4, -0.2) is 49.2 Å². The molecule has 0 radical (unpaired) electrons. The molecule has 2 rings (SSSR count). The van der Waals surface area contributed by atoms with Gasteiger partial charge in [-0.2, -0.15) is 0 Å². The number of rotatable bonds is 4. The van der Waals surface area contributed by atoms with Gasteiger partial charge in [-0.1, -0.05) is 0 Å². The molecule has 2 aromatic rings. The first-order chi connectivity index (χ1) is 10.6. The summed E-state index contributed by atoms with van der Waals surface area (Å²) in [5.74, 6) is -1.82. The highest BCUT2D eigenvalue weighted by molar-refractivity contribution is 5.94. The van der Waals surface area contributed by atoms with Gasteiger partial charge in [0.1, 0.15) is 17.2 Å². The van der Waals surface area contributed by atoms with E-state index in [9.17, 15) is 19.1 Å². The summed E-state index contributed by atoms with van der Waals surface area (Å²) in [6.07, 6.45) is 0. The molecule has 1 heterocycles. The van der Waals surface area contributed by atoms with Gasteiger partial charge in [-0.05, 0) is 45.0 Å². The summed E-state index contributed by atoms with van der Waals surface area (Å²) in [4.78, 5) is 28.8. The molecule has 1 aromatic carbocycles. The van der Waals surface area contributed by atoms with Crippen molar-refractivity contribution in [3.63, 3.8) is 0 Å². The van der Waals surface area contributed by atoms with E-state index in [-0.39, 0.29) is 11.6 Å². The van der Waals surface area contributed by atoms with Gasteiger partial charge >= 0.3 is 5.97 Å². The number of halogens is 1. The van der Waals surface area contributed by atoms with Crippen LogP contribution in [0, 0.1) is 12.7 Å². The van der Waals surface area contributed by atoms with Crippen molar-refractivity contribution in [2.24, 2.45) is 0 Å². The predicted molar refractivity (Wildman–Crippen MR) is 79.9 cm³/mol. The van der Waals surface area contributed by atoms with Crippen molar-refractivity contribution < 1.29 is 19.1 Å². The number of carboxylic acids is 1. The lowest BCUT2D eigenvalue weighted by molar-refractivity contribution is -0.147. The molecule has 23 heavy (non-hydrogen) atoms. The standard InChI is InChI=1S/C15H17FN4O3/c1-9-17-12(13(21)19(4)15(2,3)14(22)23)18-20(9)11-7-5-10(16)6-8-11/h5-8H,1-4H3,(H,22,23). The first-order valence-electron chi connectivity index (χ1n) is 6.85. The van der Waals surface area contributed by atoms with Crippen molar-refractivity contribution in [1.29, 1.82) is 0 Å². The van der Waals surface area contributed by atoms with Gasteiger partial charge in [0.15, 0.2) is 0 Å². The summed E-state index contributed by atoms with van der Waals surface area (Å²) >= 11 is 0. The Balaban J connectivity index is 2.35. The number of aryl methyl sites for hydroxylation is 1. The number of amides is 1. The summed E-state index contributed by atoms with van der Waals surface area (Å²) in [5, 5.41) is 13.3. The van der Waals surface area contributed by atoms with Crippen molar-refractivity contribution in [2.45, 2.75) is 26.3 Å². The second kappa shape index (κ2) is 5.79. The molecular weight excluding hydrogens is 303 g/mol. The molecule has 1 amide bonds. The molecule has 0 atom stereocenters. The first kappa shape index (κ1) is 16.6. The number of aliphatic carboxylic acids is 1. The van der Waals surface area contributed by atoms with E-state index in [0.717, 1.165) is 4.90 Å². The molecule has 8 heteroatoms. The average Bonchev–Trinajstić information content (AvgIpc) is 2.88. The number of nitrogens with zero attached hydrogens (tertiary/aromatic N) is 4. The Labute approximate surface area is 132 Å². The monoisotopic (exact) mass is 320 g/mol. The third-order valence-corrected chi connectivity index (χ3v) is 3.70. The largest absolute Gasteiger partial charge is 0.480 e. The third-order valence-electron chi connectivity index (χ3n) is 3.70. The highest BCUT2D eigenvalue weighted by Gasteiger charge is 2.37. The maximum Gasteiger partial charge on any atom is 0.329 e. The molecule has 0 unspecified atom stereocenters. The number of hydrogen-bond donors (Lipinski definition) is 1. The number of hydrogen-bond acceptors (Lipinski definition) is 4. The molecular formula is C15H17FN4O3. The molecule has 0 aliphatic rings. The zero-order valence-corrected chi connectivity index (χ0v) is 13.2. The van der Waals surface area contributed by atoms with Gasteiger partial charge in [-0.25, -0.2) is 18.9 Å². The Morgan fingerprint density at radius 3 is 2.35 bits per heavy atom. The predicted octanol–water partition coefficient (Wildman–Crippen LogP) is 1.65. The van der Waals surface area contributed by atoms with Gasteiger partial charge in [0.25, 0.3) is 5.91 Å². The van der Waals surface area contributed by atoms with Gasteiger partial charge in [0, 0.05) is 7.05 Å². The topological polar surface area (TPSA) is 88.3 Å². The molecule has 0 fully saturated rings. The lowest BCUT2D eigenvalue weighted by Crippen LogP contribution is -2.51. The SMILES string of the molecule is Cc1nc(C(=O)N(C)C(C)(C)C(=O)O)nn1-c1ccc(F)cc1. The van der Waals surface area contributed by atoms with Crippen LogP contribution in [0.4, 0.5) is 4.39 Å². The molecule has 122 valence electrons. The van der Waals surface area contributed by atoms with Gasteiger partial charge in [-0.3, -0.25) is 4.79 Å². The first-order valence-corrected chi connectivity index (χ1v) is 6.85. The number of aromatic nitrogens is 3. The minimum absolute atomic E-state index is 0.122. The van der Waals surface area contributed by atoms with Crippen molar-refractivity contribution in [2.75, 3.05) is 7.05 Å². The quantitative estimate of drug-likeness (QED) is 0.925. The van der Waals surface area contributed by atoms with Crippen molar-refractivity contribution >= 4 is 11.9 Å². The van der Waals surface area contributed by atoms with E-state index in [1.165, 1.54) is 49.8 Å². The summed E-state index contributed by atoms with van der Waals surface area (Å²) < 4.78 is 14.4. The average molecular weight is 320 g/mol. The Hall–Kier alpha value is -2.77. The molecule has 0 aliphatic carbocycles. The van der Waals surface area contributed by atoms with Gasteiger partial charge in [0.05, 0.1) is 5.69 Å². The molecule has 1 N–H and O–H groups in total. The zero-order valence-electron chi connectivity index (χ0n) is 13.2. The molecule has 0 bridgehead atoms. The van der Waals surface area contributed by atoms with E-state index in [0.29, 0.717) is 11.5 Å². The van der Waals surface area contributed by atoms with E-state index in [2.05, 4.69) is 10.1 Å². The van der Waals surface area contributed by atoms with E-state index in [1.54, 1.807) is 6.92 Å². The van der Waals surface area contributed by atoms with Crippen LogP contribution in [0.3, 0.4) is 0 Å². The minimum Gasteiger partial charge on any atom is -0.480 e. The Morgan fingerprint density at radius 2 is 1.83 bits per heavy atom. The number of carbonyl (C=O) groups excluding carboxylic acids is 1. The summed E-state index contributed by atoms with van der Waals surface area (Å²) in [5.41, 5.74) is -0.845. The Bertz CT molecular complexity index is 753. The van der Waals surface area contributed by atoms with Gasteiger partial charge < -0.3 is 10.0 Å². The molecule has 0 saturated carbocycles. The summed E-state index contributed by atoms with van der Waals surface area (Å²) in [7, 11) is 1.38. The highest BCUT2D eigenvalue weighted by Crippen LogP contribution is 2.16. The van der Waals surface area contributed by atoms with Crippen molar-refractivity contribution in [3.8, 4) is 5.69 Å². The molecule has 0 saturated heterocycles. The maximum atomic E-state index is 13.0. The second-order valence-electron chi connectivity index (χ2n) is 5.60. The maximum absolute atomic E-state index is 13.0. The molecule has 0 spiro atoms. The normalized spacial score (nSPS) is 11.3. The number of carboxylic acid groups (broad SMARTS) is 1. The van der Waals surface area contributed by atoms with Crippen LogP contribution in [0.5, 0.6) is 0 Å². The third kappa shape index (κ3) is 3.05. The number of likely N-dealkylation sites (N-methyl/N-ethyl adjacent to an activating group) is 1. The van der Waals surface area contributed by atoms with Gasteiger partial charge in [0.2, 0.25) is 5.82 Å².